The highest BCUT2D eigenvalue weighted by Gasteiger charge is 2.52. The molecule has 1 aromatic carbocycles. The van der Waals surface area contributed by atoms with E-state index < -0.39 is 34.9 Å². The van der Waals surface area contributed by atoms with Crippen LogP contribution >= 0.6 is 0 Å². The Morgan fingerprint density at radius 1 is 1.23 bits per heavy atom. The molecule has 3 rings (SSSR count). The number of likely N-dealkylation sites (tertiary alicyclic amines) is 1. The van der Waals surface area contributed by atoms with Crippen LogP contribution in [0.5, 0.6) is 0 Å². The quantitative estimate of drug-likeness (QED) is 0.779. The van der Waals surface area contributed by atoms with Crippen molar-refractivity contribution in [3.8, 4) is 0 Å². The van der Waals surface area contributed by atoms with E-state index in [1.165, 1.54) is 6.07 Å². The highest BCUT2D eigenvalue weighted by molar-refractivity contribution is 5.26. The van der Waals surface area contributed by atoms with Gasteiger partial charge in [-0.15, -0.1) is 0 Å². The van der Waals surface area contributed by atoms with Crippen molar-refractivity contribution < 1.29 is 32.5 Å². The van der Waals surface area contributed by atoms with Crippen molar-refractivity contribution in [3.63, 3.8) is 0 Å². The molecule has 0 bridgehead atoms. The summed E-state index contributed by atoms with van der Waals surface area (Å²) in [7, 11) is 0. The Labute approximate surface area is 149 Å². The third kappa shape index (κ3) is 3.74. The van der Waals surface area contributed by atoms with E-state index in [0.717, 1.165) is 6.07 Å². The normalized spacial score (nSPS) is 29.9. The molecule has 1 aromatic rings. The third-order valence-electron chi connectivity index (χ3n) is 5.56. The molecule has 2 aliphatic rings. The Hall–Kier alpha value is -1.22. The van der Waals surface area contributed by atoms with Gasteiger partial charge in [-0.05, 0) is 31.9 Å². The standard InChI is InChI=1S/C18H23F4NO3/c1-16(25)6-9-26-17(15(16)24)4-7-23(8-5-17)11-12-2-3-13(10-14(12)19)18(20,21)22/h2-3,10,15,24-25H,4-9,11H2,1H3/t15-,16+/m0/s1. The Bertz CT molecular complexity index is 654. The van der Waals surface area contributed by atoms with Gasteiger partial charge in [0.1, 0.15) is 11.9 Å². The minimum absolute atomic E-state index is 0.187. The van der Waals surface area contributed by atoms with Crippen LogP contribution in [0.4, 0.5) is 17.6 Å². The van der Waals surface area contributed by atoms with E-state index in [2.05, 4.69) is 0 Å². The summed E-state index contributed by atoms with van der Waals surface area (Å²) in [6.45, 7) is 3.12. The molecular weight excluding hydrogens is 354 g/mol. The minimum atomic E-state index is -4.57. The average molecular weight is 377 g/mol. The molecule has 2 aliphatic heterocycles. The van der Waals surface area contributed by atoms with Crippen molar-refractivity contribution in [2.75, 3.05) is 19.7 Å². The van der Waals surface area contributed by atoms with Crippen molar-refractivity contribution in [3.05, 3.63) is 35.1 Å². The lowest BCUT2D eigenvalue weighted by Crippen LogP contribution is -2.64. The fraction of sp³-hybridized carbons (Fsp3) is 0.667. The molecule has 0 aromatic heterocycles. The zero-order valence-corrected chi connectivity index (χ0v) is 14.5. The van der Waals surface area contributed by atoms with E-state index in [4.69, 9.17) is 4.74 Å². The SMILES string of the molecule is C[C@@]1(O)CCOC2(CCN(Cc3ccc(C(F)(F)F)cc3F)CC2)[C@H]1O. The Balaban J connectivity index is 1.64. The van der Waals surface area contributed by atoms with Gasteiger partial charge in [0.15, 0.2) is 0 Å². The molecule has 2 saturated heterocycles. The van der Waals surface area contributed by atoms with Crippen LogP contribution in [0.15, 0.2) is 18.2 Å². The van der Waals surface area contributed by atoms with Crippen LogP contribution < -0.4 is 0 Å². The summed E-state index contributed by atoms with van der Waals surface area (Å²) in [6, 6.07) is 2.57. The zero-order valence-electron chi connectivity index (χ0n) is 14.5. The molecule has 2 atom stereocenters. The highest BCUT2D eigenvalue weighted by atomic mass is 19.4. The van der Waals surface area contributed by atoms with Crippen LogP contribution in [0, 0.1) is 5.82 Å². The van der Waals surface area contributed by atoms with Crippen LogP contribution in [0.1, 0.15) is 37.3 Å². The summed E-state index contributed by atoms with van der Waals surface area (Å²) in [4.78, 5) is 1.91. The Kier molecular flexibility index (Phi) is 5.07. The molecule has 146 valence electrons. The molecule has 0 saturated carbocycles. The van der Waals surface area contributed by atoms with E-state index >= 15 is 0 Å². The van der Waals surface area contributed by atoms with E-state index in [-0.39, 0.29) is 12.1 Å². The van der Waals surface area contributed by atoms with Crippen LogP contribution in [-0.4, -0.2) is 52.1 Å². The number of hydrogen-bond acceptors (Lipinski definition) is 4. The summed E-state index contributed by atoms with van der Waals surface area (Å²) < 4.78 is 57.7. The summed E-state index contributed by atoms with van der Waals surface area (Å²) in [5.41, 5.74) is -2.83. The molecule has 26 heavy (non-hydrogen) atoms. The van der Waals surface area contributed by atoms with Crippen molar-refractivity contribution >= 4 is 0 Å². The van der Waals surface area contributed by atoms with E-state index in [1.807, 2.05) is 4.90 Å². The number of piperidine rings is 1. The molecule has 0 radical (unpaired) electrons. The largest absolute Gasteiger partial charge is 0.416 e. The Morgan fingerprint density at radius 3 is 2.46 bits per heavy atom. The van der Waals surface area contributed by atoms with Gasteiger partial charge in [-0.25, -0.2) is 4.39 Å². The van der Waals surface area contributed by atoms with E-state index in [1.54, 1.807) is 6.92 Å². The third-order valence-corrected chi connectivity index (χ3v) is 5.56. The lowest BCUT2D eigenvalue weighted by atomic mass is 9.75. The first-order valence-corrected chi connectivity index (χ1v) is 8.66. The number of aliphatic hydroxyl groups is 2. The molecule has 0 aliphatic carbocycles. The van der Waals surface area contributed by atoms with Crippen LogP contribution in [-0.2, 0) is 17.5 Å². The number of aliphatic hydroxyl groups excluding tert-OH is 1. The van der Waals surface area contributed by atoms with Gasteiger partial charge in [0, 0.05) is 31.6 Å². The lowest BCUT2D eigenvalue weighted by molar-refractivity contribution is -0.246. The van der Waals surface area contributed by atoms with Crippen LogP contribution in [0.2, 0.25) is 0 Å². The topological polar surface area (TPSA) is 52.9 Å². The maximum Gasteiger partial charge on any atom is 0.416 e. The van der Waals surface area contributed by atoms with Gasteiger partial charge in [-0.2, -0.15) is 13.2 Å². The predicted molar refractivity (Wildman–Crippen MR) is 85.8 cm³/mol. The average Bonchev–Trinajstić information content (AvgIpc) is 2.55. The van der Waals surface area contributed by atoms with Crippen LogP contribution in [0.25, 0.3) is 0 Å². The summed E-state index contributed by atoms with van der Waals surface area (Å²) in [5, 5.41) is 20.8. The van der Waals surface area contributed by atoms with Gasteiger partial charge in [0.2, 0.25) is 0 Å². The number of alkyl halides is 3. The first-order valence-electron chi connectivity index (χ1n) is 8.66. The molecule has 1 spiro atoms. The second-order valence-corrected chi connectivity index (χ2v) is 7.50. The van der Waals surface area contributed by atoms with Gasteiger partial charge in [-0.1, -0.05) is 6.07 Å². The molecule has 0 unspecified atom stereocenters. The first-order chi connectivity index (χ1) is 12.0. The number of benzene rings is 1. The number of nitrogens with zero attached hydrogens (tertiary/aromatic N) is 1. The highest BCUT2D eigenvalue weighted by Crippen LogP contribution is 2.40. The maximum absolute atomic E-state index is 14.0. The van der Waals surface area contributed by atoms with Gasteiger partial charge in [0.25, 0.3) is 0 Å². The fourth-order valence-corrected chi connectivity index (χ4v) is 3.84. The molecule has 2 N–H and O–H groups in total. The maximum atomic E-state index is 14.0. The van der Waals surface area contributed by atoms with Crippen molar-refractivity contribution in [1.29, 1.82) is 0 Å². The molecule has 2 heterocycles. The molecule has 8 heteroatoms. The zero-order chi connectivity index (χ0) is 19.2. The monoisotopic (exact) mass is 377 g/mol. The number of rotatable bonds is 2. The number of ether oxygens (including phenoxy) is 1. The second kappa shape index (κ2) is 6.74. The van der Waals surface area contributed by atoms with Gasteiger partial charge in [0.05, 0.1) is 23.4 Å². The minimum Gasteiger partial charge on any atom is -0.387 e. The number of hydrogen-bond donors (Lipinski definition) is 2. The predicted octanol–water partition coefficient (Wildman–Crippen LogP) is 2.71. The molecule has 2 fully saturated rings. The summed E-state index contributed by atoms with van der Waals surface area (Å²) in [5.74, 6) is -0.878. The van der Waals surface area contributed by atoms with Gasteiger partial charge >= 0.3 is 6.18 Å². The second-order valence-electron chi connectivity index (χ2n) is 7.50. The summed E-state index contributed by atoms with van der Waals surface area (Å²) >= 11 is 0. The smallest absolute Gasteiger partial charge is 0.387 e. The Morgan fingerprint density at radius 2 is 1.88 bits per heavy atom. The van der Waals surface area contributed by atoms with E-state index in [0.29, 0.717) is 45.0 Å². The lowest BCUT2D eigenvalue weighted by Gasteiger charge is -2.51. The van der Waals surface area contributed by atoms with Gasteiger partial charge < -0.3 is 14.9 Å². The van der Waals surface area contributed by atoms with Crippen molar-refractivity contribution in [1.82, 2.24) is 4.90 Å². The molecular formula is C18H23F4NO3. The van der Waals surface area contributed by atoms with E-state index in [9.17, 15) is 27.8 Å². The fourth-order valence-electron chi connectivity index (χ4n) is 3.84. The first kappa shape index (κ1) is 19.5. The van der Waals surface area contributed by atoms with Gasteiger partial charge in [-0.3, -0.25) is 4.90 Å². The number of halogens is 4. The van der Waals surface area contributed by atoms with Crippen LogP contribution in [0.3, 0.4) is 0 Å². The van der Waals surface area contributed by atoms with Crippen molar-refractivity contribution in [2.45, 2.75) is 56.2 Å². The molecule has 0 amide bonds. The van der Waals surface area contributed by atoms with Crippen molar-refractivity contribution in [2.24, 2.45) is 0 Å². The summed E-state index contributed by atoms with van der Waals surface area (Å²) in [6.07, 6.45) is -4.29. The molecule has 4 nitrogen and oxygen atoms in total.